The Morgan fingerprint density at radius 2 is 1.88 bits per heavy atom. The van der Waals surface area contributed by atoms with Crippen LogP contribution < -0.4 is 15.4 Å². The molecule has 0 aliphatic carbocycles. The zero-order valence-electron chi connectivity index (χ0n) is 13.5. The van der Waals surface area contributed by atoms with Crippen LogP contribution in [0.3, 0.4) is 0 Å². The van der Waals surface area contributed by atoms with Crippen molar-refractivity contribution in [2.24, 2.45) is 0 Å². The van der Waals surface area contributed by atoms with Gasteiger partial charge in [0, 0.05) is 13.1 Å². The minimum atomic E-state index is -0.862. The zero-order chi connectivity index (χ0) is 17.4. The van der Waals surface area contributed by atoms with Crippen molar-refractivity contribution in [1.29, 1.82) is 0 Å². The first-order valence-corrected chi connectivity index (χ1v) is 7.67. The number of aryl methyl sites for hydroxylation is 1. The van der Waals surface area contributed by atoms with E-state index in [2.05, 4.69) is 10.6 Å². The van der Waals surface area contributed by atoms with Crippen molar-refractivity contribution >= 4 is 6.03 Å². The van der Waals surface area contributed by atoms with Crippen LogP contribution in [0.2, 0.25) is 0 Å². The number of carbonyl (C=O) groups is 1. The van der Waals surface area contributed by atoms with Crippen LogP contribution in [-0.4, -0.2) is 30.4 Å². The van der Waals surface area contributed by atoms with Gasteiger partial charge < -0.3 is 20.5 Å². The van der Waals surface area contributed by atoms with E-state index in [1.165, 1.54) is 24.3 Å². The van der Waals surface area contributed by atoms with Gasteiger partial charge in [-0.05, 0) is 42.3 Å². The number of aliphatic hydroxyl groups is 1. The van der Waals surface area contributed by atoms with Gasteiger partial charge in [-0.3, -0.25) is 0 Å². The highest BCUT2D eigenvalue weighted by molar-refractivity contribution is 5.73. The Labute approximate surface area is 140 Å². The summed E-state index contributed by atoms with van der Waals surface area (Å²) in [5.41, 5.74) is 2.14. The Morgan fingerprint density at radius 3 is 2.58 bits per heavy atom. The summed E-state index contributed by atoms with van der Waals surface area (Å²) < 4.78 is 18.1. The normalized spacial score (nSPS) is 11.6. The minimum Gasteiger partial charge on any atom is -0.491 e. The molecule has 0 fully saturated rings. The number of halogens is 1. The van der Waals surface area contributed by atoms with Crippen LogP contribution in [0.15, 0.2) is 48.5 Å². The number of carbonyl (C=O) groups excluding carboxylic acids is 1. The van der Waals surface area contributed by atoms with Crippen LogP contribution in [-0.2, 0) is 6.54 Å². The van der Waals surface area contributed by atoms with Gasteiger partial charge in [-0.2, -0.15) is 0 Å². The standard InChI is InChI=1S/C18H21FN2O3/c1-13-4-2-3-5-14(13)10-20-18(23)21-11-16(22)12-24-17-8-6-15(19)7-9-17/h2-9,16,22H,10-12H2,1H3,(H2,20,21,23). The molecule has 128 valence electrons. The molecule has 0 radical (unpaired) electrons. The molecule has 1 atom stereocenters. The van der Waals surface area contributed by atoms with E-state index in [1.807, 2.05) is 31.2 Å². The molecular formula is C18H21FN2O3. The third kappa shape index (κ3) is 5.89. The van der Waals surface area contributed by atoms with E-state index in [0.717, 1.165) is 11.1 Å². The summed E-state index contributed by atoms with van der Waals surface area (Å²) in [5, 5.41) is 15.1. The smallest absolute Gasteiger partial charge is 0.315 e. The molecule has 0 aliphatic heterocycles. The topological polar surface area (TPSA) is 70.6 Å². The maximum Gasteiger partial charge on any atom is 0.315 e. The van der Waals surface area contributed by atoms with Gasteiger partial charge in [0.25, 0.3) is 0 Å². The van der Waals surface area contributed by atoms with E-state index in [-0.39, 0.29) is 25.0 Å². The van der Waals surface area contributed by atoms with Gasteiger partial charge in [0.2, 0.25) is 0 Å². The Bertz CT molecular complexity index is 662. The third-order valence-corrected chi connectivity index (χ3v) is 3.45. The van der Waals surface area contributed by atoms with Crippen LogP contribution in [0.1, 0.15) is 11.1 Å². The number of hydrogen-bond acceptors (Lipinski definition) is 3. The lowest BCUT2D eigenvalue weighted by atomic mass is 10.1. The van der Waals surface area contributed by atoms with Gasteiger partial charge in [0.1, 0.15) is 24.3 Å². The van der Waals surface area contributed by atoms with Crippen molar-refractivity contribution in [3.8, 4) is 5.75 Å². The van der Waals surface area contributed by atoms with Crippen molar-refractivity contribution in [2.45, 2.75) is 19.6 Å². The minimum absolute atomic E-state index is 0.00368. The van der Waals surface area contributed by atoms with Crippen molar-refractivity contribution in [3.63, 3.8) is 0 Å². The number of ether oxygens (including phenoxy) is 1. The largest absolute Gasteiger partial charge is 0.491 e. The van der Waals surface area contributed by atoms with Gasteiger partial charge in [0.05, 0.1) is 0 Å². The highest BCUT2D eigenvalue weighted by Crippen LogP contribution is 2.11. The van der Waals surface area contributed by atoms with Gasteiger partial charge in [-0.1, -0.05) is 24.3 Å². The Balaban J connectivity index is 1.65. The van der Waals surface area contributed by atoms with Gasteiger partial charge in [0.15, 0.2) is 0 Å². The Morgan fingerprint density at radius 1 is 1.17 bits per heavy atom. The molecule has 6 heteroatoms. The Hall–Kier alpha value is -2.60. The predicted octanol–water partition coefficient (Wildman–Crippen LogP) is 2.37. The lowest BCUT2D eigenvalue weighted by Gasteiger charge is -2.14. The molecular weight excluding hydrogens is 311 g/mol. The van der Waals surface area contributed by atoms with E-state index < -0.39 is 6.10 Å². The fourth-order valence-electron chi connectivity index (χ4n) is 2.04. The molecule has 2 amide bonds. The molecule has 2 rings (SSSR count). The van der Waals surface area contributed by atoms with E-state index in [4.69, 9.17) is 4.74 Å². The van der Waals surface area contributed by atoms with Crippen molar-refractivity contribution in [3.05, 3.63) is 65.5 Å². The number of urea groups is 1. The molecule has 0 aliphatic rings. The van der Waals surface area contributed by atoms with E-state index in [1.54, 1.807) is 0 Å². The lowest BCUT2D eigenvalue weighted by molar-refractivity contribution is 0.108. The first-order valence-electron chi connectivity index (χ1n) is 7.67. The summed E-state index contributed by atoms with van der Waals surface area (Å²) in [6.45, 7) is 2.46. The highest BCUT2D eigenvalue weighted by atomic mass is 19.1. The second-order valence-electron chi connectivity index (χ2n) is 5.41. The summed E-state index contributed by atoms with van der Waals surface area (Å²) in [4.78, 5) is 11.7. The molecule has 2 aromatic carbocycles. The summed E-state index contributed by atoms with van der Waals surface area (Å²) in [5.74, 6) is 0.106. The number of hydrogen-bond donors (Lipinski definition) is 3. The fraction of sp³-hybridized carbons (Fsp3) is 0.278. The van der Waals surface area contributed by atoms with E-state index >= 15 is 0 Å². The molecule has 0 bridgehead atoms. The molecule has 2 aromatic rings. The van der Waals surface area contributed by atoms with Crippen molar-refractivity contribution in [1.82, 2.24) is 10.6 Å². The predicted molar refractivity (Wildman–Crippen MR) is 89.3 cm³/mol. The number of nitrogens with one attached hydrogen (secondary N) is 2. The first kappa shape index (κ1) is 17.7. The second-order valence-corrected chi connectivity index (χ2v) is 5.41. The lowest BCUT2D eigenvalue weighted by Crippen LogP contribution is -2.41. The summed E-state index contributed by atoms with van der Waals surface area (Å²) >= 11 is 0. The van der Waals surface area contributed by atoms with Crippen LogP contribution >= 0.6 is 0 Å². The molecule has 24 heavy (non-hydrogen) atoms. The summed E-state index contributed by atoms with van der Waals surface area (Å²) in [7, 11) is 0. The van der Waals surface area contributed by atoms with Gasteiger partial charge in [-0.25, -0.2) is 9.18 Å². The highest BCUT2D eigenvalue weighted by Gasteiger charge is 2.08. The van der Waals surface area contributed by atoms with E-state index in [9.17, 15) is 14.3 Å². The van der Waals surface area contributed by atoms with Crippen LogP contribution in [0.4, 0.5) is 9.18 Å². The average Bonchev–Trinajstić information content (AvgIpc) is 2.58. The van der Waals surface area contributed by atoms with Crippen molar-refractivity contribution < 1.29 is 19.0 Å². The number of amides is 2. The third-order valence-electron chi connectivity index (χ3n) is 3.45. The van der Waals surface area contributed by atoms with Crippen LogP contribution in [0.5, 0.6) is 5.75 Å². The zero-order valence-corrected chi connectivity index (χ0v) is 13.5. The molecule has 0 saturated carbocycles. The second kappa shape index (κ2) is 8.88. The monoisotopic (exact) mass is 332 g/mol. The number of rotatable bonds is 7. The average molecular weight is 332 g/mol. The number of aliphatic hydroxyl groups excluding tert-OH is 1. The first-order chi connectivity index (χ1) is 11.5. The maximum absolute atomic E-state index is 12.8. The maximum atomic E-state index is 12.8. The van der Waals surface area contributed by atoms with Crippen LogP contribution in [0.25, 0.3) is 0 Å². The van der Waals surface area contributed by atoms with Crippen molar-refractivity contribution in [2.75, 3.05) is 13.2 Å². The molecule has 0 spiro atoms. The van der Waals surface area contributed by atoms with E-state index in [0.29, 0.717) is 12.3 Å². The van der Waals surface area contributed by atoms with Gasteiger partial charge >= 0.3 is 6.03 Å². The molecule has 5 nitrogen and oxygen atoms in total. The SMILES string of the molecule is Cc1ccccc1CNC(=O)NCC(O)COc1ccc(F)cc1. The summed E-state index contributed by atoms with van der Waals surface area (Å²) in [6, 6.07) is 12.9. The molecule has 0 heterocycles. The molecule has 3 N–H and O–H groups in total. The van der Waals surface area contributed by atoms with Gasteiger partial charge in [-0.15, -0.1) is 0 Å². The fourth-order valence-corrected chi connectivity index (χ4v) is 2.04. The molecule has 0 aromatic heterocycles. The Kier molecular flexibility index (Phi) is 6.57. The molecule has 1 unspecified atom stereocenters. The summed E-state index contributed by atoms with van der Waals surface area (Å²) in [6.07, 6.45) is -0.862. The number of benzene rings is 2. The van der Waals surface area contributed by atoms with Crippen LogP contribution in [0, 0.1) is 12.7 Å². The molecule has 0 saturated heterocycles. The quantitative estimate of drug-likeness (QED) is 0.729.